The van der Waals surface area contributed by atoms with Gasteiger partial charge in [0.2, 0.25) is 5.91 Å². The summed E-state index contributed by atoms with van der Waals surface area (Å²) in [6, 6.07) is 0.198. The monoisotopic (exact) mass is 315 g/mol. The van der Waals surface area contributed by atoms with E-state index in [0.717, 1.165) is 37.9 Å². The molecule has 1 N–H and O–H groups in total. The number of carboxylic acid groups (broad SMARTS) is 1. The number of carboxylic acids is 1. The Balaban J connectivity index is 2.78. The fourth-order valence-electron chi connectivity index (χ4n) is 3.19. The summed E-state index contributed by atoms with van der Waals surface area (Å²) in [7, 11) is 1.82. The van der Waals surface area contributed by atoms with Gasteiger partial charge in [0.25, 0.3) is 0 Å². The second-order valence-corrected chi connectivity index (χ2v) is 7.11. The molecule has 0 saturated heterocycles. The zero-order chi connectivity index (χ0) is 15.9. The molecule has 0 radical (unpaired) electrons. The highest BCUT2D eigenvalue weighted by atomic mass is 32.2. The number of rotatable bonds is 7. The normalized spacial score (nSPS) is 19.6. The Bertz CT molecular complexity index is 351. The van der Waals surface area contributed by atoms with E-state index in [9.17, 15) is 14.7 Å². The molecule has 1 atom stereocenters. The molecule has 0 aromatic carbocycles. The summed E-state index contributed by atoms with van der Waals surface area (Å²) in [5.41, 5.74) is -0.834. The number of carbonyl (C=O) groups is 2. The van der Waals surface area contributed by atoms with Gasteiger partial charge in [-0.05, 0) is 25.5 Å². The maximum Gasteiger partial charge on any atom is 0.310 e. The van der Waals surface area contributed by atoms with Crippen LogP contribution in [-0.2, 0) is 9.59 Å². The summed E-state index contributed by atoms with van der Waals surface area (Å²) in [4.78, 5) is 26.1. The van der Waals surface area contributed by atoms with Crippen LogP contribution in [0.3, 0.4) is 0 Å². The molecule has 21 heavy (non-hydrogen) atoms. The predicted octanol–water partition coefficient (Wildman–Crippen LogP) is 3.40. The lowest BCUT2D eigenvalue weighted by molar-refractivity contribution is -0.154. The first-order valence-electron chi connectivity index (χ1n) is 7.95. The van der Waals surface area contributed by atoms with E-state index in [1.165, 1.54) is 0 Å². The summed E-state index contributed by atoms with van der Waals surface area (Å²) in [6.45, 7) is 2.07. The van der Waals surface area contributed by atoms with E-state index in [4.69, 9.17) is 0 Å². The Morgan fingerprint density at radius 2 is 1.81 bits per heavy atom. The average Bonchev–Trinajstić information content (AvgIpc) is 2.70. The summed E-state index contributed by atoms with van der Waals surface area (Å²) in [5.74, 6) is 0.1000. The Hall–Kier alpha value is -0.710. The molecule has 0 heterocycles. The number of hydrogen-bond acceptors (Lipinski definition) is 3. The molecule has 122 valence electrons. The second-order valence-electron chi connectivity index (χ2n) is 6.20. The molecule has 1 fully saturated rings. The van der Waals surface area contributed by atoms with E-state index in [0.29, 0.717) is 12.8 Å². The average molecular weight is 315 g/mol. The first-order valence-corrected chi connectivity index (χ1v) is 9.34. The molecule has 0 spiro atoms. The van der Waals surface area contributed by atoms with Gasteiger partial charge < -0.3 is 10.0 Å². The standard InChI is InChI=1S/C16H29NO3S/c1-4-13(12-21-3)17(2)14(18)11-16(15(19)20)9-7-5-6-8-10-16/h13H,4-12H2,1-3H3,(H,19,20). The minimum absolute atomic E-state index is 0.0137. The van der Waals surface area contributed by atoms with Crippen LogP contribution in [-0.4, -0.2) is 47.0 Å². The molecule has 1 saturated carbocycles. The van der Waals surface area contributed by atoms with Crippen molar-refractivity contribution in [3.8, 4) is 0 Å². The van der Waals surface area contributed by atoms with E-state index in [1.807, 2.05) is 13.3 Å². The van der Waals surface area contributed by atoms with Gasteiger partial charge in [-0.15, -0.1) is 0 Å². The van der Waals surface area contributed by atoms with Crippen molar-refractivity contribution in [3.05, 3.63) is 0 Å². The predicted molar refractivity (Wildman–Crippen MR) is 87.6 cm³/mol. The Morgan fingerprint density at radius 1 is 1.24 bits per heavy atom. The van der Waals surface area contributed by atoms with E-state index >= 15 is 0 Å². The lowest BCUT2D eigenvalue weighted by Crippen LogP contribution is -2.43. The minimum atomic E-state index is -0.834. The van der Waals surface area contributed by atoms with E-state index in [-0.39, 0.29) is 18.4 Å². The minimum Gasteiger partial charge on any atom is -0.481 e. The quantitative estimate of drug-likeness (QED) is 0.732. The van der Waals surface area contributed by atoms with Crippen molar-refractivity contribution in [2.24, 2.45) is 5.41 Å². The SMILES string of the molecule is CCC(CSC)N(C)C(=O)CC1(C(=O)O)CCCCCC1. The van der Waals surface area contributed by atoms with Crippen LogP contribution in [0.25, 0.3) is 0 Å². The topological polar surface area (TPSA) is 57.6 Å². The van der Waals surface area contributed by atoms with E-state index in [2.05, 4.69) is 6.92 Å². The molecule has 1 amide bonds. The second kappa shape index (κ2) is 8.66. The van der Waals surface area contributed by atoms with Crippen LogP contribution in [0.2, 0.25) is 0 Å². The maximum absolute atomic E-state index is 12.6. The van der Waals surface area contributed by atoms with Crippen LogP contribution >= 0.6 is 11.8 Å². The third-order valence-electron chi connectivity index (χ3n) is 4.78. The summed E-state index contributed by atoms with van der Waals surface area (Å²) in [5, 5.41) is 9.67. The van der Waals surface area contributed by atoms with Crippen molar-refractivity contribution in [3.63, 3.8) is 0 Å². The Labute approximate surface area is 132 Å². The number of carbonyl (C=O) groups excluding carboxylic acids is 1. The van der Waals surface area contributed by atoms with Crippen LogP contribution in [0.1, 0.15) is 58.3 Å². The van der Waals surface area contributed by atoms with Gasteiger partial charge in [-0.3, -0.25) is 9.59 Å². The van der Waals surface area contributed by atoms with Crippen molar-refractivity contribution in [1.82, 2.24) is 4.90 Å². The number of thioether (sulfide) groups is 1. The van der Waals surface area contributed by atoms with Gasteiger partial charge in [-0.25, -0.2) is 0 Å². The van der Waals surface area contributed by atoms with Crippen LogP contribution in [0.5, 0.6) is 0 Å². The number of nitrogens with zero attached hydrogens (tertiary/aromatic N) is 1. The van der Waals surface area contributed by atoms with Crippen LogP contribution in [0.4, 0.5) is 0 Å². The summed E-state index contributed by atoms with van der Waals surface area (Å²) in [6.07, 6.45) is 8.39. The van der Waals surface area contributed by atoms with Gasteiger partial charge >= 0.3 is 5.97 Å². The van der Waals surface area contributed by atoms with Gasteiger partial charge in [-0.1, -0.05) is 32.6 Å². The largest absolute Gasteiger partial charge is 0.481 e. The highest BCUT2D eigenvalue weighted by molar-refractivity contribution is 7.98. The van der Waals surface area contributed by atoms with Crippen molar-refractivity contribution >= 4 is 23.6 Å². The lowest BCUT2D eigenvalue weighted by atomic mass is 9.77. The molecular formula is C16H29NO3S. The van der Waals surface area contributed by atoms with Crippen LogP contribution in [0, 0.1) is 5.41 Å². The highest BCUT2D eigenvalue weighted by Gasteiger charge is 2.41. The zero-order valence-corrected chi connectivity index (χ0v) is 14.4. The first kappa shape index (κ1) is 18.3. The smallest absolute Gasteiger partial charge is 0.310 e. The molecule has 0 aromatic heterocycles. The van der Waals surface area contributed by atoms with E-state index in [1.54, 1.807) is 16.7 Å². The molecule has 5 heteroatoms. The van der Waals surface area contributed by atoms with Gasteiger partial charge in [0, 0.05) is 25.3 Å². The maximum atomic E-state index is 12.6. The van der Waals surface area contributed by atoms with Crippen molar-refractivity contribution in [1.29, 1.82) is 0 Å². The molecule has 1 aliphatic carbocycles. The van der Waals surface area contributed by atoms with Gasteiger partial charge in [0.15, 0.2) is 0 Å². The van der Waals surface area contributed by atoms with Crippen LogP contribution in [0.15, 0.2) is 0 Å². The first-order chi connectivity index (χ1) is 9.96. The molecular weight excluding hydrogens is 286 g/mol. The number of amides is 1. The zero-order valence-electron chi connectivity index (χ0n) is 13.6. The molecule has 4 nitrogen and oxygen atoms in total. The Kier molecular flexibility index (Phi) is 7.57. The lowest BCUT2D eigenvalue weighted by Gasteiger charge is -2.32. The fraction of sp³-hybridized carbons (Fsp3) is 0.875. The van der Waals surface area contributed by atoms with Gasteiger partial charge in [0.05, 0.1) is 5.41 Å². The number of aliphatic carboxylic acids is 1. The van der Waals surface area contributed by atoms with Crippen molar-refractivity contribution in [2.45, 2.75) is 64.3 Å². The van der Waals surface area contributed by atoms with Crippen LogP contribution < -0.4 is 0 Å². The third kappa shape index (κ3) is 4.90. The molecule has 1 unspecified atom stereocenters. The Morgan fingerprint density at radius 3 is 2.24 bits per heavy atom. The van der Waals surface area contributed by atoms with Gasteiger partial charge in [0.1, 0.15) is 0 Å². The van der Waals surface area contributed by atoms with Crippen molar-refractivity contribution < 1.29 is 14.7 Å². The van der Waals surface area contributed by atoms with Gasteiger partial charge in [-0.2, -0.15) is 11.8 Å². The molecule has 1 aliphatic rings. The fourth-order valence-corrected chi connectivity index (χ4v) is 4.03. The molecule has 0 bridgehead atoms. The molecule has 0 aliphatic heterocycles. The number of hydrogen-bond donors (Lipinski definition) is 1. The van der Waals surface area contributed by atoms with E-state index < -0.39 is 11.4 Å². The third-order valence-corrected chi connectivity index (χ3v) is 5.49. The molecule has 1 rings (SSSR count). The highest BCUT2D eigenvalue weighted by Crippen LogP contribution is 2.39. The summed E-state index contributed by atoms with van der Waals surface area (Å²) < 4.78 is 0. The van der Waals surface area contributed by atoms with Crippen molar-refractivity contribution in [2.75, 3.05) is 19.1 Å². The molecule has 0 aromatic rings. The summed E-state index contributed by atoms with van der Waals surface area (Å²) >= 11 is 1.72.